The second-order valence-corrected chi connectivity index (χ2v) is 6.97. The van der Waals surface area contributed by atoms with E-state index in [0.29, 0.717) is 12.6 Å². The van der Waals surface area contributed by atoms with E-state index in [4.69, 9.17) is 9.73 Å². The summed E-state index contributed by atoms with van der Waals surface area (Å²) in [6.45, 7) is 10.8. The van der Waals surface area contributed by atoms with Crippen LogP contribution in [-0.4, -0.2) is 47.0 Å². The second kappa shape index (κ2) is 11.3. The highest BCUT2D eigenvalue weighted by atomic mass is 16.5. The Bertz CT molecular complexity index is 755. The number of aryl methyl sites for hydroxylation is 2. The third-order valence-electron chi connectivity index (χ3n) is 4.74. The van der Waals surface area contributed by atoms with Crippen LogP contribution in [0.2, 0.25) is 0 Å². The summed E-state index contributed by atoms with van der Waals surface area (Å²) in [4.78, 5) is 4.77. The van der Waals surface area contributed by atoms with Crippen LogP contribution in [0.3, 0.4) is 0 Å². The fraction of sp³-hybridized carbons (Fsp3) is 0.571. The van der Waals surface area contributed by atoms with Crippen molar-refractivity contribution in [2.45, 2.75) is 59.5 Å². The predicted molar refractivity (Wildman–Crippen MR) is 114 cm³/mol. The molecule has 154 valence electrons. The van der Waals surface area contributed by atoms with Crippen molar-refractivity contribution in [3.05, 3.63) is 41.5 Å². The second-order valence-electron chi connectivity index (χ2n) is 6.97. The summed E-state index contributed by atoms with van der Waals surface area (Å²) in [6, 6.07) is 6.62. The zero-order valence-electron chi connectivity index (χ0n) is 17.8. The summed E-state index contributed by atoms with van der Waals surface area (Å²) in [7, 11) is 1.71. The maximum absolute atomic E-state index is 5.47. The number of benzene rings is 1. The number of methoxy groups -OCH3 is 1. The van der Waals surface area contributed by atoms with Gasteiger partial charge in [0.2, 0.25) is 0 Å². The predicted octanol–water partition coefficient (Wildman–Crippen LogP) is 2.73. The number of ether oxygens (including phenoxy) is 1. The molecule has 28 heavy (non-hydrogen) atoms. The van der Waals surface area contributed by atoms with Gasteiger partial charge in [-0.1, -0.05) is 31.5 Å². The minimum atomic E-state index is 0.362. The molecule has 1 aromatic carbocycles. The first-order chi connectivity index (χ1) is 13.6. The summed E-state index contributed by atoms with van der Waals surface area (Å²) in [5, 5.41) is 15.0. The average molecular weight is 387 g/mol. The number of aliphatic imine (C=N–C) groups is 1. The van der Waals surface area contributed by atoms with Crippen molar-refractivity contribution in [1.29, 1.82) is 0 Å². The molecule has 2 aromatic rings. The van der Waals surface area contributed by atoms with E-state index in [-0.39, 0.29) is 0 Å². The summed E-state index contributed by atoms with van der Waals surface area (Å²) < 4.78 is 7.55. The van der Waals surface area contributed by atoms with Gasteiger partial charge in [-0.3, -0.25) is 4.99 Å². The normalized spacial score (nSPS) is 12.7. The highest BCUT2D eigenvalue weighted by molar-refractivity contribution is 5.80. The molecule has 0 aliphatic carbocycles. The van der Waals surface area contributed by atoms with Crippen molar-refractivity contribution in [2.75, 3.05) is 20.2 Å². The standard InChI is InChI=1S/C21H34N6O/c1-6-17(4)25-21(23-12-13-27-15-24-26-20(27)7-2)22-11-10-18-14-16(3)8-9-19(18)28-5/h8-9,14-15,17H,6-7,10-13H2,1-5H3,(H2,22,23,25). The molecule has 1 aromatic heterocycles. The van der Waals surface area contributed by atoms with E-state index < -0.39 is 0 Å². The Balaban J connectivity index is 1.96. The molecule has 0 bridgehead atoms. The van der Waals surface area contributed by atoms with Crippen LogP contribution in [0.15, 0.2) is 29.5 Å². The van der Waals surface area contributed by atoms with Gasteiger partial charge in [0, 0.05) is 32.1 Å². The molecule has 0 amide bonds. The molecule has 2 N–H and O–H groups in total. The van der Waals surface area contributed by atoms with E-state index in [0.717, 1.165) is 49.9 Å². The highest BCUT2D eigenvalue weighted by Crippen LogP contribution is 2.20. The van der Waals surface area contributed by atoms with Crippen molar-refractivity contribution >= 4 is 5.96 Å². The molecular formula is C21H34N6O. The number of rotatable bonds is 10. The van der Waals surface area contributed by atoms with Gasteiger partial charge in [-0.25, -0.2) is 0 Å². The van der Waals surface area contributed by atoms with E-state index in [1.54, 1.807) is 13.4 Å². The quantitative estimate of drug-likeness (QED) is 0.485. The van der Waals surface area contributed by atoms with E-state index in [1.807, 2.05) is 6.07 Å². The molecule has 0 saturated carbocycles. The van der Waals surface area contributed by atoms with Gasteiger partial charge in [-0.15, -0.1) is 10.2 Å². The lowest BCUT2D eigenvalue weighted by molar-refractivity contribution is 0.409. The Morgan fingerprint density at radius 1 is 1.32 bits per heavy atom. The van der Waals surface area contributed by atoms with Crippen LogP contribution in [0, 0.1) is 6.92 Å². The van der Waals surface area contributed by atoms with Gasteiger partial charge >= 0.3 is 0 Å². The van der Waals surface area contributed by atoms with Crippen LogP contribution in [-0.2, 0) is 19.4 Å². The molecule has 1 atom stereocenters. The topological polar surface area (TPSA) is 76.4 Å². The van der Waals surface area contributed by atoms with Crippen molar-refractivity contribution in [3.63, 3.8) is 0 Å². The van der Waals surface area contributed by atoms with Gasteiger partial charge in [0.15, 0.2) is 5.96 Å². The largest absolute Gasteiger partial charge is 0.496 e. The van der Waals surface area contributed by atoms with Crippen LogP contribution >= 0.6 is 0 Å². The first-order valence-corrected chi connectivity index (χ1v) is 10.1. The number of hydrogen-bond donors (Lipinski definition) is 2. The van der Waals surface area contributed by atoms with Crippen molar-refractivity contribution in [3.8, 4) is 5.75 Å². The number of hydrogen-bond acceptors (Lipinski definition) is 4. The molecule has 0 aliphatic rings. The molecule has 0 radical (unpaired) electrons. The van der Waals surface area contributed by atoms with Gasteiger partial charge in [0.1, 0.15) is 17.9 Å². The molecule has 0 aliphatic heterocycles. The van der Waals surface area contributed by atoms with Gasteiger partial charge in [0.05, 0.1) is 7.11 Å². The zero-order valence-corrected chi connectivity index (χ0v) is 17.8. The fourth-order valence-corrected chi connectivity index (χ4v) is 2.91. The number of guanidine groups is 1. The monoisotopic (exact) mass is 386 g/mol. The Hall–Kier alpha value is -2.57. The molecular weight excluding hydrogens is 352 g/mol. The highest BCUT2D eigenvalue weighted by Gasteiger charge is 2.07. The Morgan fingerprint density at radius 3 is 2.86 bits per heavy atom. The fourth-order valence-electron chi connectivity index (χ4n) is 2.91. The molecule has 7 heteroatoms. The van der Waals surface area contributed by atoms with Crippen LogP contribution in [0.4, 0.5) is 0 Å². The Kier molecular flexibility index (Phi) is 8.78. The van der Waals surface area contributed by atoms with Gasteiger partial charge < -0.3 is 19.9 Å². The number of nitrogens with zero attached hydrogens (tertiary/aromatic N) is 4. The van der Waals surface area contributed by atoms with Crippen LogP contribution in [0.25, 0.3) is 0 Å². The zero-order chi connectivity index (χ0) is 20.4. The third-order valence-corrected chi connectivity index (χ3v) is 4.74. The van der Waals surface area contributed by atoms with E-state index >= 15 is 0 Å². The van der Waals surface area contributed by atoms with E-state index in [9.17, 15) is 0 Å². The average Bonchev–Trinajstić information content (AvgIpc) is 3.15. The third kappa shape index (κ3) is 6.55. The number of aromatic nitrogens is 3. The van der Waals surface area contributed by atoms with Crippen LogP contribution in [0.5, 0.6) is 5.75 Å². The summed E-state index contributed by atoms with van der Waals surface area (Å²) in [5.41, 5.74) is 2.42. The first kappa shape index (κ1) is 21.7. The summed E-state index contributed by atoms with van der Waals surface area (Å²) in [6.07, 6.45) is 4.54. The van der Waals surface area contributed by atoms with Crippen molar-refractivity contribution in [2.24, 2.45) is 4.99 Å². The summed E-state index contributed by atoms with van der Waals surface area (Å²) in [5.74, 6) is 2.76. The molecule has 1 heterocycles. The lowest BCUT2D eigenvalue weighted by atomic mass is 10.1. The van der Waals surface area contributed by atoms with Gasteiger partial charge in [-0.05, 0) is 38.3 Å². The SMILES string of the molecule is CCc1nncn1CCNC(=NCCc1cc(C)ccc1OC)NC(C)CC. The van der Waals surface area contributed by atoms with Crippen molar-refractivity contribution in [1.82, 2.24) is 25.4 Å². The lowest BCUT2D eigenvalue weighted by Gasteiger charge is -2.17. The summed E-state index contributed by atoms with van der Waals surface area (Å²) >= 11 is 0. The molecule has 1 unspecified atom stereocenters. The Morgan fingerprint density at radius 2 is 2.14 bits per heavy atom. The molecule has 2 rings (SSSR count). The van der Waals surface area contributed by atoms with E-state index in [1.165, 1.54) is 11.1 Å². The first-order valence-electron chi connectivity index (χ1n) is 10.1. The molecule has 7 nitrogen and oxygen atoms in total. The maximum Gasteiger partial charge on any atom is 0.191 e. The molecule has 0 saturated heterocycles. The van der Waals surface area contributed by atoms with Gasteiger partial charge in [0.25, 0.3) is 0 Å². The maximum atomic E-state index is 5.47. The van der Waals surface area contributed by atoms with Crippen LogP contribution < -0.4 is 15.4 Å². The Labute approximate surface area is 168 Å². The van der Waals surface area contributed by atoms with Gasteiger partial charge in [-0.2, -0.15) is 0 Å². The molecule has 0 fully saturated rings. The molecule has 0 spiro atoms. The van der Waals surface area contributed by atoms with Crippen LogP contribution in [0.1, 0.15) is 44.1 Å². The minimum absolute atomic E-state index is 0.362. The van der Waals surface area contributed by atoms with E-state index in [2.05, 4.69) is 65.2 Å². The number of nitrogens with one attached hydrogen (secondary N) is 2. The van der Waals surface area contributed by atoms with Crippen molar-refractivity contribution < 1.29 is 4.74 Å². The minimum Gasteiger partial charge on any atom is -0.496 e. The smallest absolute Gasteiger partial charge is 0.191 e. The lowest BCUT2D eigenvalue weighted by Crippen LogP contribution is -2.43.